The first-order chi connectivity index (χ1) is 8.04. The summed E-state index contributed by atoms with van der Waals surface area (Å²) in [7, 11) is 0. The fraction of sp³-hybridized carbons (Fsp3) is 0.364. The molecule has 6 heteroatoms. The molecule has 94 valence electrons. The number of hydrogen-bond acceptors (Lipinski definition) is 3. The summed E-state index contributed by atoms with van der Waals surface area (Å²) in [6.45, 7) is 0. The van der Waals surface area contributed by atoms with Crippen molar-refractivity contribution in [3.8, 4) is 0 Å². The van der Waals surface area contributed by atoms with Crippen molar-refractivity contribution in [3.05, 3.63) is 29.8 Å². The van der Waals surface area contributed by atoms with Crippen LogP contribution in [0.15, 0.2) is 24.3 Å². The van der Waals surface area contributed by atoms with Crippen molar-refractivity contribution in [2.24, 2.45) is 5.73 Å². The van der Waals surface area contributed by atoms with Crippen molar-refractivity contribution in [3.63, 3.8) is 0 Å². The van der Waals surface area contributed by atoms with E-state index >= 15 is 0 Å². The van der Waals surface area contributed by atoms with Gasteiger partial charge in [-0.25, -0.2) is 0 Å². The Balaban J connectivity index is 2.69. The van der Waals surface area contributed by atoms with Crippen molar-refractivity contribution >= 4 is 38.9 Å². The fourth-order valence-electron chi connectivity index (χ4n) is 1.40. The summed E-state index contributed by atoms with van der Waals surface area (Å²) >= 11 is 7.93. The van der Waals surface area contributed by atoms with Crippen LogP contribution in [0, 0.1) is 0 Å². The van der Waals surface area contributed by atoms with E-state index < -0.39 is 12.2 Å². The zero-order valence-electron chi connectivity index (χ0n) is 9.14. The third-order valence-electron chi connectivity index (χ3n) is 2.29. The van der Waals surface area contributed by atoms with E-state index in [2.05, 4.69) is 21.2 Å². The van der Waals surface area contributed by atoms with E-state index in [1.165, 1.54) is 0 Å². The van der Waals surface area contributed by atoms with Gasteiger partial charge in [-0.2, -0.15) is 0 Å². The Labute approximate surface area is 114 Å². The van der Waals surface area contributed by atoms with Crippen LogP contribution < -0.4 is 11.1 Å². The Morgan fingerprint density at radius 2 is 1.94 bits per heavy atom. The second-order valence-electron chi connectivity index (χ2n) is 3.60. The minimum absolute atomic E-state index is 0.192. The summed E-state index contributed by atoms with van der Waals surface area (Å²) in [5, 5.41) is 23.1. The topological polar surface area (TPSA) is 78.5 Å². The summed E-state index contributed by atoms with van der Waals surface area (Å²) in [6, 6.07) is 6.95. The van der Waals surface area contributed by atoms with Crippen molar-refractivity contribution in [2.75, 3.05) is 10.6 Å². The summed E-state index contributed by atoms with van der Waals surface area (Å²) in [5.41, 5.74) is 6.75. The second kappa shape index (κ2) is 6.90. The van der Waals surface area contributed by atoms with Gasteiger partial charge in [-0.3, -0.25) is 0 Å². The molecule has 5 N–H and O–H groups in total. The van der Waals surface area contributed by atoms with Crippen LogP contribution in [0.2, 0.25) is 0 Å². The molecule has 1 aromatic rings. The average Bonchev–Trinajstić information content (AvgIpc) is 2.28. The Morgan fingerprint density at radius 3 is 2.41 bits per heavy atom. The van der Waals surface area contributed by atoms with E-state index in [1.54, 1.807) is 24.3 Å². The number of aliphatic hydroxyl groups excluding tert-OH is 2. The van der Waals surface area contributed by atoms with Gasteiger partial charge < -0.3 is 21.3 Å². The number of aliphatic hydroxyl groups is 2. The lowest BCUT2D eigenvalue weighted by molar-refractivity contribution is 0.0174. The number of hydrogen-bond donors (Lipinski definition) is 4. The number of nitrogens with one attached hydrogen (secondary N) is 1. The third kappa shape index (κ3) is 4.59. The van der Waals surface area contributed by atoms with Crippen LogP contribution in [-0.4, -0.2) is 26.8 Å². The number of halogens is 1. The Bertz CT molecular complexity index is 372. The lowest BCUT2D eigenvalue weighted by Gasteiger charge is -2.17. The van der Waals surface area contributed by atoms with Crippen LogP contribution in [0.5, 0.6) is 0 Å². The summed E-state index contributed by atoms with van der Waals surface area (Å²) in [6.07, 6.45) is -1.16. The van der Waals surface area contributed by atoms with E-state index in [1.807, 2.05) is 0 Å². The number of anilines is 1. The molecule has 0 saturated heterocycles. The van der Waals surface area contributed by atoms with Crippen molar-refractivity contribution in [1.29, 1.82) is 0 Å². The first-order valence-corrected chi connectivity index (χ1v) is 6.66. The van der Waals surface area contributed by atoms with Gasteiger partial charge in [0.2, 0.25) is 0 Å². The SMILES string of the molecule is NC(=S)Nc1ccc(C(O)C(O)CCBr)cc1. The number of thiocarbonyl (C=S) groups is 1. The van der Waals surface area contributed by atoms with E-state index in [-0.39, 0.29) is 5.11 Å². The lowest BCUT2D eigenvalue weighted by atomic mass is 10.0. The molecular weight excluding hydrogens is 304 g/mol. The molecule has 0 aliphatic rings. The van der Waals surface area contributed by atoms with Gasteiger partial charge in [-0.05, 0) is 36.3 Å². The molecule has 0 heterocycles. The molecule has 0 aliphatic heterocycles. The summed E-state index contributed by atoms with van der Waals surface area (Å²) in [4.78, 5) is 0. The Morgan fingerprint density at radius 1 is 1.35 bits per heavy atom. The minimum atomic E-state index is -0.883. The molecule has 0 aromatic heterocycles. The predicted octanol–water partition coefficient (Wildman–Crippen LogP) is 1.52. The molecule has 0 bridgehead atoms. The number of alkyl halides is 1. The maximum atomic E-state index is 9.85. The van der Waals surface area contributed by atoms with Gasteiger partial charge in [-0.1, -0.05) is 28.1 Å². The molecule has 0 spiro atoms. The molecule has 2 unspecified atom stereocenters. The highest BCUT2D eigenvalue weighted by atomic mass is 79.9. The highest BCUT2D eigenvalue weighted by Crippen LogP contribution is 2.21. The molecular formula is C11H15BrN2O2S. The largest absolute Gasteiger partial charge is 0.390 e. The molecule has 0 radical (unpaired) electrons. The minimum Gasteiger partial charge on any atom is -0.390 e. The molecule has 2 atom stereocenters. The van der Waals surface area contributed by atoms with Crippen LogP contribution in [0.4, 0.5) is 5.69 Å². The number of rotatable bonds is 5. The highest BCUT2D eigenvalue weighted by Gasteiger charge is 2.17. The zero-order chi connectivity index (χ0) is 12.8. The van der Waals surface area contributed by atoms with Crippen LogP contribution in [0.3, 0.4) is 0 Å². The maximum absolute atomic E-state index is 9.85. The van der Waals surface area contributed by atoms with E-state index in [4.69, 9.17) is 18.0 Å². The van der Waals surface area contributed by atoms with Crippen LogP contribution in [0.1, 0.15) is 18.1 Å². The number of benzene rings is 1. The second-order valence-corrected chi connectivity index (χ2v) is 4.83. The van der Waals surface area contributed by atoms with Crippen molar-refractivity contribution in [2.45, 2.75) is 18.6 Å². The van der Waals surface area contributed by atoms with Crippen LogP contribution in [-0.2, 0) is 0 Å². The Hall–Kier alpha value is -0.690. The van der Waals surface area contributed by atoms with Gasteiger partial charge in [0, 0.05) is 11.0 Å². The number of nitrogens with two attached hydrogens (primary N) is 1. The van der Waals surface area contributed by atoms with Crippen molar-refractivity contribution in [1.82, 2.24) is 0 Å². The van der Waals surface area contributed by atoms with E-state index in [0.717, 1.165) is 5.69 Å². The van der Waals surface area contributed by atoms with Gasteiger partial charge in [0.25, 0.3) is 0 Å². The first-order valence-electron chi connectivity index (χ1n) is 5.13. The van der Waals surface area contributed by atoms with E-state index in [9.17, 15) is 10.2 Å². The molecule has 0 amide bonds. The van der Waals surface area contributed by atoms with Gasteiger partial charge in [0.1, 0.15) is 6.10 Å². The summed E-state index contributed by atoms with van der Waals surface area (Å²) in [5.74, 6) is 0. The zero-order valence-corrected chi connectivity index (χ0v) is 11.5. The average molecular weight is 319 g/mol. The molecule has 1 aromatic carbocycles. The first kappa shape index (κ1) is 14.4. The predicted molar refractivity (Wildman–Crippen MR) is 76.2 cm³/mol. The molecule has 0 fully saturated rings. The third-order valence-corrected chi connectivity index (χ3v) is 2.85. The maximum Gasteiger partial charge on any atom is 0.168 e. The monoisotopic (exact) mass is 318 g/mol. The molecule has 1 rings (SSSR count). The molecule has 0 saturated carbocycles. The molecule has 17 heavy (non-hydrogen) atoms. The van der Waals surface area contributed by atoms with Gasteiger partial charge in [-0.15, -0.1) is 0 Å². The smallest absolute Gasteiger partial charge is 0.168 e. The fourth-order valence-corrected chi connectivity index (χ4v) is 1.98. The molecule has 0 aliphatic carbocycles. The quantitative estimate of drug-likeness (QED) is 0.489. The van der Waals surface area contributed by atoms with Crippen LogP contribution >= 0.6 is 28.1 Å². The van der Waals surface area contributed by atoms with Gasteiger partial charge in [0.15, 0.2) is 5.11 Å². The van der Waals surface area contributed by atoms with Crippen molar-refractivity contribution < 1.29 is 10.2 Å². The Kier molecular flexibility index (Phi) is 5.84. The molecule has 4 nitrogen and oxygen atoms in total. The summed E-state index contributed by atoms with van der Waals surface area (Å²) < 4.78 is 0. The normalized spacial score (nSPS) is 14.1. The van der Waals surface area contributed by atoms with E-state index in [0.29, 0.717) is 17.3 Å². The van der Waals surface area contributed by atoms with Crippen LogP contribution in [0.25, 0.3) is 0 Å². The van der Waals surface area contributed by atoms with Gasteiger partial charge >= 0.3 is 0 Å². The highest BCUT2D eigenvalue weighted by molar-refractivity contribution is 9.09. The lowest BCUT2D eigenvalue weighted by Crippen LogP contribution is -2.20. The van der Waals surface area contributed by atoms with Gasteiger partial charge in [0.05, 0.1) is 6.10 Å². The standard InChI is InChI=1S/C11H15BrN2O2S/c12-6-5-9(15)10(16)7-1-3-8(4-2-7)14-11(13)17/h1-4,9-10,15-16H,5-6H2,(H3,13,14,17).